The highest BCUT2D eigenvalue weighted by Gasteiger charge is 2.11. The summed E-state index contributed by atoms with van der Waals surface area (Å²) in [5.41, 5.74) is 1.18. The van der Waals surface area contributed by atoms with E-state index in [0.717, 1.165) is 0 Å². The summed E-state index contributed by atoms with van der Waals surface area (Å²) in [7, 11) is 1.29. The Labute approximate surface area is 137 Å². The summed E-state index contributed by atoms with van der Waals surface area (Å²) in [5, 5.41) is 6.69. The summed E-state index contributed by atoms with van der Waals surface area (Å²) in [5.74, 6) is -0.266. The number of methoxy groups -OCH3 is 1. The van der Waals surface area contributed by atoms with Crippen LogP contribution in [0.15, 0.2) is 55.2 Å². The minimum absolute atomic E-state index is 0.310. The molecule has 2 aromatic heterocycles. The van der Waals surface area contributed by atoms with Gasteiger partial charge in [-0.05, 0) is 30.3 Å². The predicted molar refractivity (Wildman–Crippen MR) is 84.9 cm³/mol. The molecule has 1 aromatic carbocycles. The van der Waals surface area contributed by atoms with Crippen molar-refractivity contribution in [3.8, 4) is 5.82 Å². The summed E-state index contributed by atoms with van der Waals surface area (Å²) in [6, 6.07) is 9.68. The normalized spacial score (nSPS) is 10.2. The quantitative estimate of drug-likeness (QED) is 0.734. The zero-order valence-corrected chi connectivity index (χ0v) is 12.7. The molecule has 0 aliphatic carbocycles. The lowest BCUT2D eigenvalue weighted by atomic mass is 10.1. The highest BCUT2D eigenvalue weighted by Crippen LogP contribution is 2.12. The van der Waals surface area contributed by atoms with E-state index in [1.807, 2.05) is 0 Å². The van der Waals surface area contributed by atoms with Gasteiger partial charge >= 0.3 is 5.97 Å². The van der Waals surface area contributed by atoms with Crippen LogP contribution in [-0.2, 0) is 4.74 Å². The summed E-state index contributed by atoms with van der Waals surface area (Å²) in [6.07, 6.45) is 4.45. The number of anilines is 1. The third kappa shape index (κ3) is 3.27. The second-order valence-corrected chi connectivity index (χ2v) is 4.77. The monoisotopic (exact) mass is 323 g/mol. The third-order valence-electron chi connectivity index (χ3n) is 3.21. The first kappa shape index (κ1) is 15.3. The van der Waals surface area contributed by atoms with Gasteiger partial charge in [0.15, 0.2) is 5.82 Å². The second-order valence-electron chi connectivity index (χ2n) is 4.77. The van der Waals surface area contributed by atoms with Gasteiger partial charge in [-0.3, -0.25) is 4.79 Å². The number of benzene rings is 1. The number of pyridine rings is 1. The molecule has 0 saturated carbocycles. The van der Waals surface area contributed by atoms with Gasteiger partial charge in [0, 0.05) is 5.56 Å². The minimum Gasteiger partial charge on any atom is -0.465 e. The van der Waals surface area contributed by atoms with E-state index in [1.165, 1.54) is 36.7 Å². The van der Waals surface area contributed by atoms with Gasteiger partial charge in [-0.2, -0.15) is 5.10 Å². The van der Waals surface area contributed by atoms with Crippen molar-refractivity contribution >= 4 is 17.6 Å². The number of ether oxygens (including phenoxy) is 1. The first-order valence-corrected chi connectivity index (χ1v) is 6.98. The number of rotatable bonds is 4. The lowest BCUT2D eigenvalue weighted by Crippen LogP contribution is -2.13. The third-order valence-corrected chi connectivity index (χ3v) is 3.21. The average molecular weight is 323 g/mol. The van der Waals surface area contributed by atoms with Gasteiger partial charge < -0.3 is 10.1 Å². The molecule has 1 amide bonds. The van der Waals surface area contributed by atoms with Crippen molar-refractivity contribution in [3.05, 3.63) is 66.4 Å². The van der Waals surface area contributed by atoms with Gasteiger partial charge in [-0.1, -0.05) is 6.07 Å². The average Bonchev–Trinajstić information content (AvgIpc) is 3.16. The second kappa shape index (κ2) is 6.69. The number of amides is 1. The molecule has 0 unspecified atom stereocenters. The summed E-state index contributed by atoms with van der Waals surface area (Å²) >= 11 is 0. The summed E-state index contributed by atoms with van der Waals surface area (Å²) in [6.45, 7) is 0. The number of hydrogen-bond acceptors (Lipinski definition) is 6. The lowest BCUT2D eigenvalue weighted by Gasteiger charge is -2.07. The van der Waals surface area contributed by atoms with E-state index in [2.05, 4.69) is 25.1 Å². The molecule has 0 aliphatic rings. The van der Waals surface area contributed by atoms with Crippen molar-refractivity contribution in [2.45, 2.75) is 0 Å². The molecule has 0 saturated heterocycles. The lowest BCUT2D eigenvalue weighted by molar-refractivity contribution is 0.0600. The molecule has 3 aromatic rings. The van der Waals surface area contributed by atoms with Crippen LogP contribution in [0.25, 0.3) is 5.82 Å². The molecule has 3 rings (SSSR count). The molecule has 8 nitrogen and oxygen atoms in total. The van der Waals surface area contributed by atoms with E-state index < -0.39 is 5.97 Å². The van der Waals surface area contributed by atoms with E-state index in [-0.39, 0.29) is 5.91 Å². The van der Waals surface area contributed by atoms with Crippen molar-refractivity contribution in [2.24, 2.45) is 0 Å². The smallest absolute Gasteiger partial charge is 0.337 e. The molecule has 0 fully saturated rings. The first-order valence-electron chi connectivity index (χ1n) is 6.98. The van der Waals surface area contributed by atoms with Gasteiger partial charge in [-0.15, -0.1) is 0 Å². The molecule has 0 spiro atoms. The molecule has 0 aliphatic heterocycles. The fraction of sp³-hybridized carbons (Fsp3) is 0.0625. The maximum Gasteiger partial charge on any atom is 0.337 e. The Bertz CT molecular complexity index is 860. The standard InChI is InChI=1S/C16H13N5O3/c1-24-16(23)12-4-2-3-11(7-12)15(22)20-13-5-6-14(18-8-13)21-10-17-9-19-21/h2-10H,1H3,(H,20,22). The molecule has 24 heavy (non-hydrogen) atoms. The molecule has 0 atom stereocenters. The summed E-state index contributed by atoms with van der Waals surface area (Å²) in [4.78, 5) is 31.8. The highest BCUT2D eigenvalue weighted by molar-refractivity contribution is 6.05. The Morgan fingerprint density at radius 2 is 2.00 bits per heavy atom. The van der Waals surface area contributed by atoms with Crippen molar-refractivity contribution in [2.75, 3.05) is 12.4 Å². The van der Waals surface area contributed by atoms with Crippen LogP contribution in [0.4, 0.5) is 5.69 Å². The van der Waals surface area contributed by atoms with Crippen molar-refractivity contribution < 1.29 is 14.3 Å². The predicted octanol–water partition coefficient (Wildman–Crippen LogP) is 1.70. The Balaban J connectivity index is 1.74. The van der Waals surface area contributed by atoms with Gasteiger partial charge in [0.2, 0.25) is 0 Å². The van der Waals surface area contributed by atoms with E-state index >= 15 is 0 Å². The molecule has 120 valence electrons. The number of nitrogens with zero attached hydrogens (tertiary/aromatic N) is 4. The molecule has 1 N–H and O–H groups in total. The number of nitrogens with one attached hydrogen (secondary N) is 1. The highest BCUT2D eigenvalue weighted by atomic mass is 16.5. The zero-order chi connectivity index (χ0) is 16.9. The number of carbonyl (C=O) groups is 2. The molecule has 0 radical (unpaired) electrons. The summed E-state index contributed by atoms with van der Waals surface area (Å²) < 4.78 is 6.15. The van der Waals surface area contributed by atoms with E-state index in [0.29, 0.717) is 22.6 Å². The Morgan fingerprint density at radius 1 is 1.17 bits per heavy atom. The van der Waals surface area contributed by atoms with Gasteiger partial charge in [-0.25, -0.2) is 19.4 Å². The number of hydrogen-bond donors (Lipinski definition) is 1. The number of carbonyl (C=O) groups excluding carboxylic acids is 2. The minimum atomic E-state index is -0.497. The van der Waals surface area contributed by atoms with Crippen LogP contribution < -0.4 is 5.32 Å². The van der Waals surface area contributed by atoms with Gasteiger partial charge in [0.25, 0.3) is 5.91 Å². The maximum atomic E-state index is 12.3. The van der Waals surface area contributed by atoms with Crippen LogP contribution >= 0.6 is 0 Å². The SMILES string of the molecule is COC(=O)c1cccc(C(=O)Nc2ccc(-n3cncn3)nc2)c1. The van der Waals surface area contributed by atoms with Crippen LogP contribution in [0.5, 0.6) is 0 Å². The van der Waals surface area contributed by atoms with E-state index in [1.54, 1.807) is 30.3 Å². The molecular weight excluding hydrogens is 310 g/mol. The maximum absolute atomic E-state index is 12.3. The molecule has 8 heteroatoms. The largest absolute Gasteiger partial charge is 0.465 e. The Hall–Kier alpha value is -3.55. The molecular formula is C16H13N5O3. The fourth-order valence-electron chi connectivity index (χ4n) is 2.03. The van der Waals surface area contributed by atoms with Crippen molar-refractivity contribution in [3.63, 3.8) is 0 Å². The van der Waals surface area contributed by atoms with Crippen molar-refractivity contribution in [1.29, 1.82) is 0 Å². The van der Waals surface area contributed by atoms with E-state index in [9.17, 15) is 9.59 Å². The van der Waals surface area contributed by atoms with Crippen LogP contribution in [0.1, 0.15) is 20.7 Å². The first-order chi connectivity index (χ1) is 11.7. The molecule has 2 heterocycles. The van der Waals surface area contributed by atoms with Crippen LogP contribution in [-0.4, -0.2) is 38.7 Å². The topological polar surface area (TPSA) is 99.0 Å². The van der Waals surface area contributed by atoms with Crippen LogP contribution in [0.3, 0.4) is 0 Å². The molecule has 0 bridgehead atoms. The zero-order valence-electron chi connectivity index (χ0n) is 12.7. The number of esters is 1. The van der Waals surface area contributed by atoms with E-state index in [4.69, 9.17) is 0 Å². The Kier molecular flexibility index (Phi) is 4.28. The fourth-order valence-corrected chi connectivity index (χ4v) is 2.03. The van der Waals surface area contributed by atoms with Gasteiger partial charge in [0.05, 0.1) is 24.6 Å². The van der Waals surface area contributed by atoms with Gasteiger partial charge in [0.1, 0.15) is 12.7 Å². The number of aromatic nitrogens is 4. The van der Waals surface area contributed by atoms with Crippen LogP contribution in [0.2, 0.25) is 0 Å². The van der Waals surface area contributed by atoms with Crippen LogP contribution in [0, 0.1) is 0 Å². The Morgan fingerprint density at radius 3 is 2.67 bits per heavy atom. The van der Waals surface area contributed by atoms with Crippen molar-refractivity contribution in [1.82, 2.24) is 19.7 Å².